The smallest absolute Gasteiger partial charge is 0.0541 e. The van der Waals surface area contributed by atoms with Crippen molar-refractivity contribution < 1.29 is 0 Å². The molecule has 0 aliphatic carbocycles. The molecule has 0 spiro atoms. The van der Waals surface area contributed by atoms with Crippen molar-refractivity contribution in [2.75, 3.05) is 0 Å². The van der Waals surface area contributed by atoms with Crippen LogP contribution in [0, 0.1) is 6.92 Å². The van der Waals surface area contributed by atoms with Crippen LogP contribution in [0.2, 0.25) is 0 Å². The van der Waals surface area contributed by atoms with Gasteiger partial charge in [0.15, 0.2) is 0 Å². The molecule has 4 rings (SSSR count). The predicted molar refractivity (Wildman–Crippen MR) is 103 cm³/mol. The Kier molecular flexibility index (Phi) is 3.50. The fraction of sp³-hybridized carbons (Fsp3) is 0.143. The van der Waals surface area contributed by atoms with Gasteiger partial charge in [0.05, 0.1) is 11.0 Å². The second-order valence-corrected chi connectivity index (χ2v) is 6.95. The van der Waals surface area contributed by atoms with Crippen molar-refractivity contribution in [3.05, 3.63) is 76.3 Å². The highest BCUT2D eigenvalue weighted by molar-refractivity contribution is 9.10. The van der Waals surface area contributed by atoms with Gasteiger partial charge in [-0.15, -0.1) is 0 Å². The number of halogens is 1. The normalized spacial score (nSPS) is 11.4. The van der Waals surface area contributed by atoms with Crippen molar-refractivity contribution in [2.24, 2.45) is 0 Å². The van der Waals surface area contributed by atoms with Crippen LogP contribution < -0.4 is 0 Å². The molecule has 1 nitrogen and oxygen atoms in total. The summed E-state index contributed by atoms with van der Waals surface area (Å²) >= 11 is 3.62. The molecule has 114 valence electrons. The second kappa shape index (κ2) is 5.54. The first-order valence-corrected chi connectivity index (χ1v) is 8.76. The summed E-state index contributed by atoms with van der Waals surface area (Å²) in [6, 6.07) is 22.1. The maximum absolute atomic E-state index is 3.62. The van der Waals surface area contributed by atoms with Gasteiger partial charge in [-0.2, -0.15) is 0 Å². The lowest BCUT2D eigenvalue weighted by molar-refractivity contribution is 1.14. The van der Waals surface area contributed by atoms with Crippen LogP contribution in [0.1, 0.15) is 18.1 Å². The van der Waals surface area contributed by atoms with Crippen LogP contribution >= 0.6 is 15.9 Å². The topological polar surface area (TPSA) is 4.93 Å². The molecule has 23 heavy (non-hydrogen) atoms. The molecule has 1 aromatic heterocycles. The van der Waals surface area contributed by atoms with Gasteiger partial charge < -0.3 is 4.57 Å². The van der Waals surface area contributed by atoms with Gasteiger partial charge in [0, 0.05) is 20.9 Å². The van der Waals surface area contributed by atoms with E-state index >= 15 is 0 Å². The van der Waals surface area contributed by atoms with Crippen LogP contribution in [0.3, 0.4) is 0 Å². The van der Waals surface area contributed by atoms with Crippen molar-refractivity contribution in [1.82, 2.24) is 4.57 Å². The Bertz CT molecular complexity index is 1010. The first-order valence-electron chi connectivity index (χ1n) is 7.97. The number of hydrogen-bond acceptors (Lipinski definition) is 0. The highest BCUT2D eigenvalue weighted by Crippen LogP contribution is 2.34. The van der Waals surface area contributed by atoms with Crippen LogP contribution in [-0.4, -0.2) is 4.57 Å². The predicted octanol–water partition coefficient (Wildman–Crippen LogP) is 6.42. The number of aryl methyl sites for hydroxylation is 2. The minimum atomic E-state index is 1.06. The van der Waals surface area contributed by atoms with Gasteiger partial charge in [0.25, 0.3) is 0 Å². The van der Waals surface area contributed by atoms with Gasteiger partial charge in [-0.25, -0.2) is 0 Å². The molecule has 0 radical (unpaired) electrons. The van der Waals surface area contributed by atoms with Gasteiger partial charge >= 0.3 is 0 Å². The van der Waals surface area contributed by atoms with Gasteiger partial charge in [0.2, 0.25) is 0 Å². The van der Waals surface area contributed by atoms with Gasteiger partial charge in [-0.1, -0.05) is 46.6 Å². The molecular formula is C21H18BrN. The lowest BCUT2D eigenvalue weighted by Gasteiger charge is -2.08. The molecule has 0 unspecified atom stereocenters. The molecule has 1 heterocycles. The van der Waals surface area contributed by atoms with E-state index in [-0.39, 0.29) is 0 Å². The zero-order valence-corrected chi connectivity index (χ0v) is 14.9. The fourth-order valence-corrected chi connectivity index (χ4v) is 3.60. The van der Waals surface area contributed by atoms with Crippen LogP contribution in [0.4, 0.5) is 0 Å². The molecule has 2 heteroatoms. The average Bonchev–Trinajstić information content (AvgIpc) is 2.88. The standard InChI is InChI=1S/C21H18BrN/c1-3-15-6-10-20-18(12-15)19-13-16(22)7-11-21(19)23(20)17-8-4-14(2)5-9-17/h4-13H,3H2,1-2H3. The van der Waals surface area contributed by atoms with E-state index in [1.54, 1.807) is 0 Å². The van der Waals surface area contributed by atoms with Gasteiger partial charge in [0.1, 0.15) is 0 Å². The number of nitrogens with zero attached hydrogens (tertiary/aromatic N) is 1. The van der Waals surface area contributed by atoms with Crippen molar-refractivity contribution in [1.29, 1.82) is 0 Å². The fourth-order valence-electron chi connectivity index (χ4n) is 3.23. The maximum atomic E-state index is 3.62. The van der Waals surface area contributed by atoms with E-state index in [1.165, 1.54) is 38.6 Å². The number of rotatable bonds is 2. The highest BCUT2D eigenvalue weighted by atomic mass is 79.9. The maximum Gasteiger partial charge on any atom is 0.0541 e. The SMILES string of the molecule is CCc1ccc2c(c1)c1cc(Br)ccc1n2-c1ccc(C)cc1. The molecule has 0 fully saturated rings. The Morgan fingerprint density at radius 1 is 0.826 bits per heavy atom. The van der Waals surface area contributed by atoms with E-state index in [4.69, 9.17) is 0 Å². The Labute approximate surface area is 144 Å². The monoisotopic (exact) mass is 363 g/mol. The number of benzene rings is 3. The van der Waals surface area contributed by atoms with Crippen molar-refractivity contribution in [3.63, 3.8) is 0 Å². The molecule has 0 N–H and O–H groups in total. The zero-order chi connectivity index (χ0) is 16.0. The third-order valence-electron chi connectivity index (χ3n) is 4.49. The summed E-state index contributed by atoms with van der Waals surface area (Å²) in [5, 5.41) is 2.62. The van der Waals surface area contributed by atoms with Gasteiger partial charge in [-0.05, 0) is 61.4 Å². The van der Waals surface area contributed by atoms with Crippen LogP contribution in [0.25, 0.3) is 27.5 Å². The number of aromatic nitrogens is 1. The molecule has 0 atom stereocenters. The zero-order valence-electron chi connectivity index (χ0n) is 13.3. The molecule has 4 aromatic rings. The van der Waals surface area contributed by atoms with E-state index in [2.05, 4.69) is 95.0 Å². The summed E-state index contributed by atoms with van der Waals surface area (Å²) in [4.78, 5) is 0. The summed E-state index contributed by atoms with van der Waals surface area (Å²) in [5.41, 5.74) is 6.38. The molecule has 3 aromatic carbocycles. The lowest BCUT2D eigenvalue weighted by atomic mass is 10.1. The van der Waals surface area contributed by atoms with Crippen molar-refractivity contribution >= 4 is 37.7 Å². The molecule has 0 saturated heterocycles. The second-order valence-electron chi connectivity index (χ2n) is 6.04. The largest absolute Gasteiger partial charge is 0.309 e. The first kappa shape index (κ1) is 14.5. The van der Waals surface area contributed by atoms with Crippen molar-refractivity contribution in [2.45, 2.75) is 20.3 Å². The summed E-state index contributed by atoms with van der Waals surface area (Å²) < 4.78 is 3.48. The molecule has 0 aliphatic rings. The van der Waals surface area contributed by atoms with E-state index in [0.717, 1.165) is 10.9 Å². The first-order chi connectivity index (χ1) is 11.2. The molecule has 0 saturated carbocycles. The third-order valence-corrected chi connectivity index (χ3v) is 4.99. The van der Waals surface area contributed by atoms with Crippen molar-refractivity contribution in [3.8, 4) is 5.69 Å². The van der Waals surface area contributed by atoms with Crippen LogP contribution in [0.5, 0.6) is 0 Å². The van der Waals surface area contributed by atoms with E-state index < -0.39 is 0 Å². The Balaban J connectivity index is 2.14. The number of fused-ring (bicyclic) bond motifs is 3. The summed E-state index contributed by atoms with van der Waals surface area (Å²) in [6.07, 6.45) is 1.06. The summed E-state index contributed by atoms with van der Waals surface area (Å²) in [7, 11) is 0. The molecule has 0 aliphatic heterocycles. The van der Waals surface area contributed by atoms with E-state index in [1.807, 2.05) is 0 Å². The Morgan fingerprint density at radius 3 is 2.17 bits per heavy atom. The molecule has 0 bridgehead atoms. The summed E-state index contributed by atoms with van der Waals surface area (Å²) in [6.45, 7) is 4.33. The Hall–Kier alpha value is -2.06. The third kappa shape index (κ3) is 2.38. The van der Waals surface area contributed by atoms with Crippen LogP contribution in [-0.2, 0) is 6.42 Å². The molecular weight excluding hydrogens is 346 g/mol. The molecule has 0 amide bonds. The minimum absolute atomic E-state index is 1.06. The van der Waals surface area contributed by atoms with E-state index in [9.17, 15) is 0 Å². The quantitative estimate of drug-likeness (QED) is 0.387. The average molecular weight is 364 g/mol. The summed E-state index contributed by atoms with van der Waals surface area (Å²) in [5.74, 6) is 0. The lowest BCUT2D eigenvalue weighted by Crippen LogP contribution is -1.93. The Morgan fingerprint density at radius 2 is 1.48 bits per heavy atom. The highest BCUT2D eigenvalue weighted by Gasteiger charge is 2.12. The minimum Gasteiger partial charge on any atom is -0.309 e. The van der Waals surface area contributed by atoms with Gasteiger partial charge in [-0.3, -0.25) is 0 Å². The van der Waals surface area contributed by atoms with Crippen LogP contribution in [0.15, 0.2) is 65.1 Å². The number of hydrogen-bond donors (Lipinski definition) is 0. The van der Waals surface area contributed by atoms with E-state index in [0.29, 0.717) is 0 Å².